The average molecular weight is 224 g/mol. The molecule has 2 heterocycles. The molecule has 2 aliphatic heterocycles. The first-order valence-electron chi connectivity index (χ1n) is 6.48. The quantitative estimate of drug-likeness (QED) is 0.723. The van der Waals surface area contributed by atoms with Crippen molar-refractivity contribution in [3.8, 4) is 0 Å². The van der Waals surface area contributed by atoms with Crippen molar-refractivity contribution in [2.75, 3.05) is 27.2 Å². The minimum Gasteiger partial charge on any atom is -0.303 e. The lowest BCUT2D eigenvalue weighted by Gasteiger charge is -2.25. The molecule has 16 heavy (non-hydrogen) atoms. The van der Waals surface area contributed by atoms with Gasteiger partial charge in [-0.3, -0.25) is 4.79 Å². The molecule has 3 heteroatoms. The molecule has 0 saturated carbocycles. The summed E-state index contributed by atoms with van der Waals surface area (Å²) in [6, 6.07) is 1.26. The van der Waals surface area contributed by atoms with Gasteiger partial charge in [-0.25, -0.2) is 0 Å². The Morgan fingerprint density at radius 3 is 2.62 bits per heavy atom. The lowest BCUT2D eigenvalue weighted by molar-refractivity contribution is -0.117. The Balaban J connectivity index is 1.92. The predicted octanol–water partition coefficient (Wildman–Crippen LogP) is 1.38. The zero-order valence-corrected chi connectivity index (χ0v) is 10.8. The van der Waals surface area contributed by atoms with Gasteiger partial charge in [-0.05, 0) is 52.7 Å². The molecule has 3 nitrogen and oxygen atoms in total. The maximum atomic E-state index is 11.2. The van der Waals surface area contributed by atoms with Crippen molar-refractivity contribution >= 4 is 5.78 Å². The van der Waals surface area contributed by atoms with Gasteiger partial charge in [0.15, 0.2) is 0 Å². The van der Waals surface area contributed by atoms with Crippen LogP contribution in [-0.4, -0.2) is 54.9 Å². The number of likely N-dealkylation sites (tertiary alicyclic amines) is 2. The van der Waals surface area contributed by atoms with Crippen LogP contribution in [0, 0.1) is 5.92 Å². The monoisotopic (exact) mass is 224 g/mol. The fourth-order valence-electron chi connectivity index (χ4n) is 3.50. The molecule has 0 aromatic carbocycles. The molecule has 2 rings (SSSR count). The van der Waals surface area contributed by atoms with Crippen LogP contribution in [0.3, 0.4) is 0 Å². The third-order valence-corrected chi connectivity index (χ3v) is 4.36. The molecule has 0 aromatic heterocycles. The highest BCUT2D eigenvalue weighted by atomic mass is 16.1. The number of rotatable bonds is 3. The van der Waals surface area contributed by atoms with Crippen LogP contribution in [0.15, 0.2) is 0 Å². The lowest BCUT2D eigenvalue weighted by atomic mass is 9.93. The van der Waals surface area contributed by atoms with Crippen LogP contribution in [0.25, 0.3) is 0 Å². The molecule has 0 N–H and O–H groups in total. The molecule has 0 aromatic rings. The summed E-state index contributed by atoms with van der Waals surface area (Å²) >= 11 is 0. The maximum absolute atomic E-state index is 11.2. The number of carbonyl (C=O) groups excluding carboxylic acids is 1. The van der Waals surface area contributed by atoms with E-state index < -0.39 is 0 Å². The number of ketones is 1. The van der Waals surface area contributed by atoms with Crippen LogP contribution in [0.1, 0.15) is 32.6 Å². The van der Waals surface area contributed by atoms with E-state index in [1.54, 1.807) is 6.92 Å². The SMILES string of the molecule is CC(=O)CC1CC(C2CCCN2C)CN1C. The summed E-state index contributed by atoms with van der Waals surface area (Å²) in [5.41, 5.74) is 0. The molecular weight excluding hydrogens is 200 g/mol. The summed E-state index contributed by atoms with van der Waals surface area (Å²) in [5, 5.41) is 0. The summed E-state index contributed by atoms with van der Waals surface area (Å²) in [6.07, 6.45) is 4.65. The van der Waals surface area contributed by atoms with Gasteiger partial charge < -0.3 is 9.80 Å². The molecule has 3 unspecified atom stereocenters. The smallest absolute Gasteiger partial charge is 0.131 e. The van der Waals surface area contributed by atoms with Crippen molar-refractivity contribution in [3.05, 3.63) is 0 Å². The average Bonchev–Trinajstić information content (AvgIpc) is 2.73. The van der Waals surface area contributed by atoms with E-state index in [4.69, 9.17) is 0 Å². The van der Waals surface area contributed by atoms with Crippen molar-refractivity contribution in [2.45, 2.75) is 44.7 Å². The molecule has 0 radical (unpaired) electrons. The fraction of sp³-hybridized carbons (Fsp3) is 0.923. The van der Waals surface area contributed by atoms with Gasteiger partial charge >= 0.3 is 0 Å². The molecule has 0 bridgehead atoms. The topological polar surface area (TPSA) is 23.6 Å². The Morgan fingerprint density at radius 1 is 1.31 bits per heavy atom. The molecule has 2 saturated heterocycles. The van der Waals surface area contributed by atoms with E-state index in [2.05, 4.69) is 23.9 Å². The first-order valence-corrected chi connectivity index (χ1v) is 6.48. The molecule has 0 aliphatic carbocycles. The highest BCUT2D eigenvalue weighted by Crippen LogP contribution is 2.33. The summed E-state index contributed by atoms with van der Waals surface area (Å²) in [4.78, 5) is 16.1. The van der Waals surface area contributed by atoms with Crippen LogP contribution in [0.5, 0.6) is 0 Å². The Morgan fingerprint density at radius 2 is 2.06 bits per heavy atom. The van der Waals surface area contributed by atoms with Crippen molar-refractivity contribution in [3.63, 3.8) is 0 Å². The fourth-order valence-corrected chi connectivity index (χ4v) is 3.50. The number of carbonyl (C=O) groups is 1. The zero-order chi connectivity index (χ0) is 11.7. The summed E-state index contributed by atoms with van der Waals surface area (Å²) in [5.74, 6) is 1.11. The molecule has 0 spiro atoms. The Hall–Kier alpha value is -0.410. The summed E-state index contributed by atoms with van der Waals surface area (Å²) in [6.45, 7) is 4.14. The normalized spacial score (nSPS) is 37.1. The number of hydrogen-bond acceptors (Lipinski definition) is 3. The third-order valence-electron chi connectivity index (χ3n) is 4.36. The Labute approximate surface area is 98.8 Å². The Kier molecular flexibility index (Phi) is 3.65. The number of Topliss-reactive ketones (excluding diaryl/α,β-unsaturated/α-hetero) is 1. The maximum Gasteiger partial charge on any atom is 0.131 e. The van der Waals surface area contributed by atoms with Crippen LogP contribution in [0.2, 0.25) is 0 Å². The molecule has 92 valence electrons. The first-order chi connectivity index (χ1) is 7.58. The highest BCUT2D eigenvalue weighted by Gasteiger charge is 2.37. The molecule has 3 atom stereocenters. The summed E-state index contributed by atoms with van der Waals surface area (Å²) < 4.78 is 0. The largest absolute Gasteiger partial charge is 0.303 e. The van der Waals surface area contributed by atoms with E-state index in [-0.39, 0.29) is 0 Å². The van der Waals surface area contributed by atoms with Gasteiger partial charge in [-0.2, -0.15) is 0 Å². The van der Waals surface area contributed by atoms with Crippen LogP contribution < -0.4 is 0 Å². The third kappa shape index (κ3) is 2.46. The predicted molar refractivity (Wildman–Crippen MR) is 65.5 cm³/mol. The minimum atomic E-state index is 0.331. The standard InChI is InChI=1S/C13H24N2O/c1-10(16)7-12-8-11(9-15(12)3)13-5-4-6-14(13)2/h11-13H,4-9H2,1-3H3. The van der Waals surface area contributed by atoms with Crippen LogP contribution >= 0.6 is 0 Å². The zero-order valence-electron chi connectivity index (χ0n) is 10.8. The number of nitrogens with zero attached hydrogens (tertiary/aromatic N) is 2. The summed E-state index contributed by atoms with van der Waals surface area (Å²) in [7, 11) is 4.42. The van der Waals surface area contributed by atoms with Gasteiger partial charge in [0.05, 0.1) is 0 Å². The number of hydrogen-bond donors (Lipinski definition) is 0. The Bertz CT molecular complexity index is 267. The second kappa shape index (κ2) is 4.84. The van der Waals surface area contributed by atoms with Gasteiger partial charge in [0.1, 0.15) is 5.78 Å². The molecule has 0 amide bonds. The van der Waals surface area contributed by atoms with Gasteiger partial charge in [0.2, 0.25) is 0 Å². The van der Waals surface area contributed by atoms with E-state index >= 15 is 0 Å². The van der Waals surface area contributed by atoms with Crippen molar-refractivity contribution in [1.29, 1.82) is 0 Å². The van der Waals surface area contributed by atoms with Crippen molar-refractivity contribution in [1.82, 2.24) is 9.80 Å². The van der Waals surface area contributed by atoms with Gasteiger partial charge in [0, 0.05) is 25.0 Å². The molecule has 2 fully saturated rings. The first kappa shape index (κ1) is 12.1. The molecule has 2 aliphatic rings. The van der Waals surface area contributed by atoms with Crippen molar-refractivity contribution in [2.24, 2.45) is 5.92 Å². The van der Waals surface area contributed by atoms with Crippen LogP contribution in [0.4, 0.5) is 0 Å². The van der Waals surface area contributed by atoms with E-state index in [0.29, 0.717) is 11.8 Å². The minimum absolute atomic E-state index is 0.331. The second-order valence-electron chi connectivity index (χ2n) is 5.69. The molecular formula is C13H24N2O. The second-order valence-corrected chi connectivity index (χ2v) is 5.69. The lowest BCUT2D eigenvalue weighted by Crippen LogP contribution is -2.33. The van der Waals surface area contributed by atoms with Crippen LogP contribution in [-0.2, 0) is 4.79 Å². The van der Waals surface area contributed by atoms with Gasteiger partial charge in [0.25, 0.3) is 0 Å². The van der Waals surface area contributed by atoms with Crippen molar-refractivity contribution < 1.29 is 4.79 Å². The highest BCUT2D eigenvalue weighted by molar-refractivity contribution is 5.76. The van der Waals surface area contributed by atoms with Gasteiger partial charge in [-0.15, -0.1) is 0 Å². The van der Waals surface area contributed by atoms with E-state index in [1.807, 2.05) is 0 Å². The van der Waals surface area contributed by atoms with Gasteiger partial charge in [-0.1, -0.05) is 0 Å². The van der Waals surface area contributed by atoms with E-state index in [9.17, 15) is 4.79 Å². The van der Waals surface area contributed by atoms with E-state index in [1.165, 1.54) is 32.4 Å². The van der Waals surface area contributed by atoms with E-state index in [0.717, 1.165) is 18.4 Å².